The first-order valence-electron chi connectivity index (χ1n) is 10.6. The van der Waals surface area contributed by atoms with Crippen molar-refractivity contribution in [2.24, 2.45) is 0 Å². The molecule has 0 bridgehead atoms. The first-order chi connectivity index (χ1) is 13.2. The topological polar surface area (TPSA) is 55.4 Å². The molecule has 0 spiro atoms. The minimum Gasteiger partial charge on any atom is -0.464 e. The van der Waals surface area contributed by atoms with Gasteiger partial charge >= 0.3 is 5.97 Å². The Kier molecular flexibility index (Phi) is 19.1. The molecule has 0 aromatic carbocycles. The van der Waals surface area contributed by atoms with E-state index in [1.807, 2.05) is 0 Å². The van der Waals surface area contributed by atoms with Crippen molar-refractivity contribution in [3.8, 4) is 0 Å². The third kappa shape index (κ3) is 20.3. The monoisotopic (exact) mass is 377 g/mol. The van der Waals surface area contributed by atoms with Crippen LogP contribution < -0.4 is 5.32 Å². The summed E-state index contributed by atoms with van der Waals surface area (Å²) >= 11 is 0. The summed E-state index contributed by atoms with van der Waals surface area (Å²) in [7, 11) is 0. The average Bonchev–Trinajstić information content (AvgIpc) is 2.68. The maximum atomic E-state index is 11.5. The van der Waals surface area contributed by atoms with Gasteiger partial charge in [-0.3, -0.25) is 9.59 Å². The zero-order chi connectivity index (χ0) is 20.0. The average molecular weight is 378 g/mol. The van der Waals surface area contributed by atoms with Crippen LogP contribution in [-0.4, -0.2) is 25.0 Å². The molecule has 0 unspecified atom stereocenters. The van der Waals surface area contributed by atoms with E-state index in [1.165, 1.54) is 44.6 Å². The summed E-state index contributed by atoms with van der Waals surface area (Å²) < 4.78 is 5.05. The standard InChI is InChI=1S/C23H39NO3/c1-3-5-6-7-8-9-10-11-12-13-14-15-16-17-18-19-23(26)27-21-20-24-22(25)4-2/h4,8-9,11-12H,2-3,5-7,10,13-21H2,1H3,(H,24,25)/b9-8-,12-11-. The molecule has 0 heterocycles. The first-order valence-corrected chi connectivity index (χ1v) is 10.6. The molecule has 0 aromatic rings. The molecular formula is C23H39NO3. The van der Waals surface area contributed by atoms with Gasteiger partial charge in [0.1, 0.15) is 6.61 Å². The largest absolute Gasteiger partial charge is 0.464 e. The molecule has 27 heavy (non-hydrogen) atoms. The highest BCUT2D eigenvalue weighted by molar-refractivity contribution is 5.86. The van der Waals surface area contributed by atoms with Gasteiger partial charge in [0, 0.05) is 6.42 Å². The van der Waals surface area contributed by atoms with E-state index < -0.39 is 0 Å². The Morgan fingerprint density at radius 2 is 1.52 bits per heavy atom. The highest BCUT2D eigenvalue weighted by Crippen LogP contribution is 2.08. The van der Waals surface area contributed by atoms with Gasteiger partial charge in [0.2, 0.25) is 5.91 Å². The summed E-state index contributed by atoms with van der Waals surface area (Å²) in [6.07, 6.45) is 23.6. The summed E-state index contributed by atoms with van der Waals surface area (Å²) in [5.41, 5.74) is 0. The van der Waals surface area contributed by atoms with Crippen LogP contribution in [0.4, 0.5) is 0 Å². The van der Waals surface area contributed by atoms with E-state index in [1.54, 1.807) is 0 Å². The van der Waals surface area contributed by atoms with E-state index in [2.05, 4.69) is 43.1 Å². The maximum Gasteiger partial charge on any atom is 0.305 e. The van der Waals surface area contributed by atoms with Crippen molar-refractivity contribution in [3.05, 3.63) is 37.0 Å². The Hall–Kier alpha value is -1.84. The van der Waals surface area contributed by atoms with Crippen LogP contribution in [0.25, 0.3) is 0 Å². The molecule has 0 aliphatic rings. The van der Waals surface area contributed by atoms with Gasteiger partial charge in [-0.05, 0) is 44.6 Å². The molecule has 0 aliphatic heterocycles. The predicted octanol–water partition coefficient (Wildman–Crippen LogP) is 5.65. The lowest BCUT2D eigenvalue weighted by Gasteiger charge is -2.05. The zero-order valence-electron chi connectivity index (χ0n) is 17.2. The molecule has 0 radical (unpaired) electrons. The van der Waals surface area contributed by atoms with Gasteiger partial charge in [0.15, 0.2) is 0 Å². The molecule has 4 nitrogen and oxygen atoms in total. The van der Waals surface area contributed by atoms with E-state index in [0.29, 0.717) is 13.0 Å². The van der Waals surface area contributed by atoms with E-state index in [0.717, 1.165) is 32.1 Å². The summed E-state index contributed by atoms with van der Waals surface area (Å²) in [5, 5.41) is 2.57. The van der Waals surface area contributed by atoms with Gasteiger partial charge in [-0.25, -0.2) is 0 Å². The van der Waals surface area contributed by atoms with Crippen molar-refractivity contribution < 1.29 is 14.3 Å². The van der Waals surface area contributed by atoms with Crippen LogP contribution in [-0.2, 0) is 14.3 Å². The van der Waals surface area contributed by atoms with Crippen LogP contribution in [0.15, 0.2) is 37.0 Å². The number of allylic oxidation sites excluding steroid dienone is 4. The lowest BCUT2D eigenvalue weighted by atomic mass is 10.1. The number of nitrogens with one attached hydrogen (secondary N) is 1. The highest BCUT2D eigenvalue weighted by atomic mass is 16.5. The van der Waals surface area contributed by atoms with E-state index in [-0.39, 0.29) is 18.5 Å². The molecule has 154 valence electrons. The second-order valence-electron chi connectivity index (χ2n) is 6.70. The molecule has 0 rings (SSSR count). The number of carbonyl (C=O) groups is 2. The summed E-state index contributed by atoms with van der Waals surface area (Å²) in [5.74, 6) is -0.437. The minimum absolute atomic E-state index is 0.187. The Bertz CT molecular complexity index is 441. The normalized spacial score (nSPS) is 11.1. The SMILES string of the molecule is C=CC(=O)NCCOC(=O)CCCCCCC/C=C\C/C=C\CCCCC. The number of esters is 1. The van der Waals surface area contributed by atoms with Gasteiger partial charge in [0.05, 0.1) is 6.54 Å². The van der Waals surface area contributed by atoms with E-state index >= 15 is 0 Å². The number of carbonyl (C=O) groups excluding carboxylic acids is 2. The molecule has 0 aliphatic carbocycles. The Labute approximate surface area is 166 Å². The second-order valence-corrected chi connectivity index (χ2v) is 6.70. The molecule has 0 saturated carbocycles. The van der Waals surface area contributed by atoms with Crippen molar-refractivity contribution in [1.82, 2.24) is 5.32 Å². The van der Waals surface area contributed by atoms with Gasteiger partial charge < -0.3 is 10.1 Å². The van der Waals surface area contributed by atoms with Crippen LogP contribution in [0, 0.1) is 0 Å². The van der Waals surface area contributed by atoms with Crippen molar-refractivity contribution in [2.75, 3.05) is 13.2 Å². The third-order valence-electron chi connectivity index (χ3n) is 4.18. The number of rotatable bonds is 18. The van der Waals surface area contributed by atoms with Crippen molar-refractivity contribution in [1.29, 1.82) is 0 Å². The maximum absolute atomic E-state index is 11.5. The zero-order valence-corrected chi connectivity index (χ0v) is 17.2. The van der Waals surface area contributed by atoms with E-state index in [9.17, 15) is 9.59 Å². The number of amides is 1. The lowest BCUT2D eigenvalue weighted by molar-refractivity contribution is -0.143. The predicted molar refractivity (Wildman–Crippen MR) is 114 cm³/mol. The van der Waals surface area contributed by atoms with Crippen LogP contribution in [0.1, 0.15) is 84.0 Å². The number of unbranched alkanes of at least 4 members (excludes halogenated alkanes) is 8. The van der Waals surface area contributed by atoms with Gasteiger partial charge in [-0.1, -0.05) is 69.9 Å². The lowest BCUT2D eigenvalue weighted by Crippen LogP contribution is -2.26. The smallest absolute Gasteiger partial charge is 0.305 e. The highest BCUT2D eigenvalue weighted by Gasteiger charge is 2.02. The quantitative estimate of drug-likeness (QED) is 0.145. The summed E-state index contributed by atoms with van der Waals surface area (Å²) in [4.78, 5) is 22.4. The molecule has 4 heteroatoms. The fourth-order valence-corrected chi connectivity index (χ4v) is 2.56. The molecular weight excluding hydrogens is 338 g/mol. The third-order valence-corrected chi connectivity index (χ3v) is 4.18. The molecule has 0 fully saturated rings. The Morgan fingerprint density at radius 1 is 0.889 bits per heavy atom. The molecule has 1 N–H and O–H groups in total. The minimum atomic E-state index is -0.250. The van der Waals surface area contributed by atoms with Crippen LogP contribution in [0.5, 0.6) is 0 Å². The van der Waals surface area contributed by atoms with Crippen LogP contribution in [0.3, 0.4) is 0 Å². The second kappa shape index (κ2) is 20.5. The Morgan fingerprint density at radius 3 is 2.19 bits per heavy atom. The van der Waals surface area contributed by atoms with Crippen molar-refractivity contribution in [2.45, 2.75) is 84.0 Å². The fraction of sp³-hybridized carbons (Fsp3) is 0.652. The van der Waals surface area contributed by atoms with Gasteiger partial charge in [-0.15, -0.1) is 0 Å². The van der Waals surface area contributed by atoms with Crippen molar-refractivity contribution in [3.63, 3.8) is 0 Å². The number of hydrogen-bond donors (Lipinski definition) is 1. The molecule has 1 amide bonds. The Balaban J connectivity index is 3.32. The number of ether oxygens (including phenoxy) is 1. The fourth-order valence-electron chi connectivity index (χ4n) is 2.56. The summed E-state index contributed by atoms with van der Waals surface area (Å²) in [6.45, 7) is 6.14. The summed E-state index contributed by atoms with van der Waals surface area (Å²) in [6, 6.07) is 0. The van der Waals surface area contributed by atoms with Crippen molar-refractivity contribution >= 4 is 11.9 Å². The van der Waals surface area contributed by atoms with Crippen LogP contribution in [0.2, 0.25) is 0 Å². The van der Waals surface area contributed by atoms with Gasteiger partial charge in [-0.2, -0.15) is 0 Å². The number of hydrogen-bond acceptors (Lipinski definition) is 3. The van der Waals surface area contributed by atoms with Gasteiger partial charge in [0.25, 0.3) is 0 Å². The molecule has 0 aromatic heterocycles. The van der Waals surface area contributed by atoms with Crippen LogP contribution >= 0.6 is 0 Å². The molecule has 0 atom stereocenters. The first kappa shape index (κ1) is 25.2. The van der Waals surface area contributed by atoms with E-state index in [4.69, 9.17) is 4.74 Å². The molecule has 0 saturated heterocycles.